The van der Waals surface area contributed by atoms with Crippen molar-refractivity contribution in [1.82, 2.24) is 0 Å². The molecule has 0 fully saturated rings. The largest absolute Gasteiger partial charge is 0.438 e. The van der Waals surface area contributed by atoms with E-state index in [9.17, 15) is 4.79 Å². The highest BCUT2D eigenvalue weighted by Gasteiger charge is 2.20. The normalized spacial score (nSPS) is 18.8. The van der Waals surface area contributed by atoms with Crippen molar-refractivity contribution in [1.29, 1.82) is 0 Å². The van der Waals surface area contributed by atoms with Crippen molar-refractivity contribution in [3.05, 3.63) is 23.8 Å². The lowest BCUT2D eigenvalue weighted by atomic mass is 10.1. The van der Waals surface area contributed by atoms with Crippen molar-refractivity contribution in [2.24, 2.45) is 5.73 Å². The molecule has 0 radical (unpaired) electrons. The van der Waals surface area contributed by atoms with Crippen LogP contribution in [0.3, 0.4) is 0 Å². The summed E-state index contributed by atoms with van der Waals surface area (Å²) in [6.45, 7) is 1.50. The molecular formula is C9H9NO3. The number of ether oxygens (including phenoxy) is 2. The molecule has 1 atom stereocenters. The van der Waals surface area contributed by atoms with Crippen LogP contribution in [0.15, 0.2) is 18.2 Å². The maximum absolute atomic E-state index is 11.0. The average molecular weight is 179 g/mol. The van der Waals surface area contributed by atoms with E-state index in [4.69, 9.17) is 15.2 Å². The molecule has 0 aromatic heterocycles. The van der Waals surface area contributed by atoms with Gasteiger partial charge >= 0.3 is 0 Å². The standard InChI is InChI=1S/C9H9NO3/c1-5(11)6-2-3-7-8(4-6)13-9(10)12-7/h2-4,9H,10H2,1H3. The van der Waals surface area contributed by atoms with Gasteiger partial charge in [0.15, 0.2) is 17.3 Å². The number of nitrogens with two attached hydrogens (primary N) is 1. The number of Topliss-reactive ketones (excluding diaryl/α,β-unsaturated/α-hetero) is 1. The molecular weight excluding hydrogens is 170 g/mol. The van der Waals surface area contributed by atoms with Gasteiger partial charge in [0.25, 0.3) is 6.41 Å². The summed E-state index contributed by atoms with van der Waals surface area (Å²) < 4.78 is 10.2. The zero-order valence-corrected chi connectivity index (χ0v) is 7.11. The number of hydrogen-bond donors (Lipinski definition) is 1. The second kappa shape index (κ2) is 2.74. The summed E-state index contributed by atoms with van der Waals surface area (Å²) in [5, 5.41) is 0. The minimum absolute atomic E-state index is 0.00753. The van der Waals surface area contributed by atoms with Gasteiger partial charge in [0, 0.05) is 5.56 Å². The van der Waals surface area contributed by atoms with Gasteiger partial charge in [-0.3, -0.25) is 10.5 Å². The first-order chi connectivity index (χ1) is 6.16. The third kappa shape index (κ3) is 1.36. The summed E-state index contributed by atoms with van der Waals surface area (Å²) in [5.41, 5.74) is 5.98. The number of benzene rings is 1. The first-order valence-electron chi connectivity index (χ1n) is 3.91. The van der Waals surface area contributed by atoms with Gasteiger partial charge in [0.1, 0.15) is 0 Å². The first-order valence-corrected chi connectivity index (χ1v) is 3.91. The smallest absolute Gasteiger partial charge is 0.300 e. The van der Waals surface area contributed by atoms with Crippen molar-refractivity contribution in [2.75, 3.05) is 0 Å². The van der Waals surface area contributed by atoms with Crippen LogP contribution in [0, 0.1) is 0 Å². The number of rotatable bonds is 1. The average Bonchev–Trinajstić information content (AvgIpc) is 2.42. The molecule has 0 spiro atoms. The molecule has 13 heavy (non-hydrogen) atoms. The Morgan fingerprint density at radius 3 is 2.77 bits per heavy atom. The van der Waals surface area contributed by atoms with E-state index in [1.165, 1.54) is 6.92 Å². The van der Waals surface area contributed by atoms with Crippen molar-refractivity contribution in [2.45, 2.75) is 13.3 Å². The zero-order chi connectivity index (χ0) is 9.42. The lowest BCUT2D eigenvalue weighted by Gasteiger charge is -1.99. The summed E-state index contributed by atoms with van der Waals surface area (Å²) in [6.07, 6.45) is -0.753. The maximum Gasteiger partial charge on any atom is 0.300 e. The molecule has 2 rings (SSSR count). The number of fused-ring (bicyclic) bond motifs is 1. The van der Waals surface area contributed by atoms with Gasteiger partial charge in [0.2, 0.25) is 0 Å². The third-order valence-electron chi connectivity index (χ3n) is 1.84. The quantitative estimate of drug-likeness (QED) is 0.650. The Labute approximate surface area is 75.2 Å². The van der Waals surface area contributed by atoms with Crippen LogP contribution in [-0.4, -0.2) is 12.2 Å². The monoisotopic (exact) mass is 179 g/mol. The van der Waals surface area contributed by atoms with Crippen molar-refractivity contribution in [3.63, 3.8) is 0 Å². The van der Waals surface area contributed by atoms with E-state index >= 15 is 0 Å². The lowest BCUT2D eigenvalue weighted by molar-refractivity contribution is 0.0561. The van der Waals surface area contributed by atoms with Crippen LogP contribution in [-0.2, 0) is 0 Å². The maximum atomic E-state index is 11.0. The highest BCUT2D eigenvalue weighted by molar-refractivity contribution is 5.94. The summed E-state index contributed by atoms with van der Waals surface area (Å²) in [4.78, 5) is 11.0. The van der Waals surface area contributed by atoms with Gasteiger partial charge < -0.3 is 9.47 Å². The fraction of sp³-hybridized carbons (Fsp3) is 0.222. The summed E-state index contributed by atoms with van der Waals surface area (Å²) in [5.74, 6) is 1.10. The minimum atomic E-state index is -0.753. The Morgan fingerprint density at radius 1 is 1.38 bits per heavy atom. The summed E-state index contributed by atoms with van der Waals surface area (Å²) in [7, 11) is 0. The fourth-order valence-corrected chi connectivity index (χ4v) is 1.19. The molecule has 1 aliphatic rings. The second-order valence-electron chi connectivity index (χ2n) is 2.82. The number of ketones is 1. The molecule has 1 aromatic rings. The minimum Gasteiger partial charge on any atom is -0.438 e. The van der Waals surface area contributed by atoms with Crippen molar-refractivity contribution >= 4 is 5.78 Å². The second-order valence-corrected chi connectivity index (χ2v) is 2.82. The third-order valence-corrected chi connectivity index (χ3v) is 1.84. The number of carbonyl (C=O) groups excluding carboxylic acids is 1. The zero-order valence-electron chi connectivity index (χ0n) is 7.11. The van der Waals surface area contributed by atoms with Gasteiger partial charge in [-0.05, 0) is 25.1 Å². The van der Waals surface area contributed by atoms with Gasteiger partial charge in [0.05, 0.1) is 0 Å². The molecule has 1 aliphatic heterocycles. The van der Waals surface area contributed by atoms with Crippen molar-refractivity contribution in [3.8, 4) is 11.5 Å². The van der Waals surface area contributed by atoms with Crippen LogP contribution in [0.1, 0.15) is 17.3 Å². The SMILES string of the molecule is CC(=O)c1ccc2c(c1)OC(N)O2. The van der Waals surface area contributed by atoms with E-state index in [0.29, 0.717) is 17.1 Å². The van der Waals surface area contributed by atoms with Gasteiger partial charge in [-0.2, -0.15) is 0 Å². The highest BCUT2D eigenvalue weighted by Crippen LogP contribution is 2.33. The Hall–Kier alpha value is -1.55. The number of hydrogen-bond acceptors (Lipinski definition) is 4. The molecule has 4 heteroatoms. The molecule has 0 aliphatic carbocycles. The Kier molecular flexibility index (Phi) is 1.70. The Balaban J connectivity index is 2.40. The Morgan fingerprint density at radius 2 is 2.08 bits per heavy atom. The molecule has 68 valence electrons. The van der Waals surface area contributed by atoms with Crippen LogP contribution < -0.4 is 15.2 Å². The van der Waals surface area contributed by atoms with E-state index in [0.717, 1.165) is 0 Å². The molecule has 1 aromatic carbocycles. The van der Waals surface area contributed by atoms with Crippen LogP contribution in [0.2, 0.25) is 0 Å². The topological polar surface area (TPSA) is 61.5 Å². The Bertz CT molecular complexity index is 362. The molecule has 0 saturated heterocycles. The van der Waals surface area contributed by atoms with E-state index in [1.807, 2.05) is 0 Å². The van der Waals surface area contributed by atoms with Gasteiger partial charge in [-0.25, -0.2) is 0 Å². The molecule has 4 nitrogen and oxygen atoms in total. The van der Waals surface area contributed by atoms with E-state index < -0.39 is 6.41 Å². The van der Waals surface area contributed by atoms with Crippen LogP contribution in [0.5, 0.6) is 11.5 Å². The van der Waals surface area contributed by atoms with Crippen LogP contribution in [0.4, 0.5) is 0 Å². The summed E-state index contributed by atoms with van der Waals surface area (Å²) >= 11 is 0. The van der Waals surface area contributed by atoms with Crippen LogP contribution in [0.25, 0.3) is 0 Å². The van der Waals surface area contributed by atoms with Crippen molar-refractivity contribution < 1.29 is 14.3 Å². The van der Waals surface area contributed by atoms with Gasteiger partial charge in [-0.1, -0.05) is 0 Å². The van der Waals surface area contributed by atoms with E-state index in [1.54, 1.807) is 18.2 Å². The first kappa shape index (κ1) is 8.07. The summed E-state index contributed by atoms with van der Waals surface area (Å²) in [6, 6.07) is 4.99. The molecule has 1 unspecified atom stereocenters. The van der Waals surface area contributed by atoms with E-state index in [2.05, 4.69) is 0 Å². The molecule has 0 saturated carbocycles. The molecule has 1 heterocycles. The highest BCUT2D eigenvalue weighted by atomic mass is 16.7. The van der Waals surface area contributed by atoms with Gasteiger partial charge in [-0.15, -0.1) is 0 Å². The predicted octanol–water partition coefficient (Wildman–Crippen LogP) is 0.903. The molecule has 0 amide bonds. The number of carbonyl (C=O) groups is 1. The molecule has 0 bridgehead atoms. The molecule has 2 N–H and O–H groups in total. The van der Waals surface area contributed by atoms with Crippen LogP contribution >= 0.6 is 0 Å². The lowest BCUT2D eigenvalue weighted by Crippen LogP contribution is -2.28. The predicted molar refractivity (Wildman–Crippen MR) is 45.7 cm³/mol. The fourth-order valence-electron chi connectivity index (χ4n) is 1.19. The van der Waals surface area contributed by atoms with E-state index in [-0.39, 0.29) is 5.78 Å².